The van der Waals surface area contributed by atoms with Crippen LogP contribution in [0.4, 0.5) is 5.69 Å². The molecule has 6 atom stereocenters. The van der Waals surface area contributed by atoms with E-state index in [0.29, 0.717) is 50.4 Å². The summed E-state index contributed by atoms with van der Waals surface area (Å²) in [4.78, 5) is 50.2. The smallest absolute Gasteiger partial charge is 0.249 e. The summed E-state index contributed by atoms with van der Waals surface area (Å²) in [7, 11) is 0. The van der Waals surface area contributed by atoms with E-state index in [9.17, 15) is 14.7 Å². The fourth-order valence-electron chi connectivity index (χ4n) is 9.20. The minimum absolute atomic E-state index is 0.0563. The van der Waals surface area contributed by atoms with Crippen molar-refractivity contribution in [3.05, 3.63) is 49.6 Å². The zero-order valence-electron chi connectivity index (χ0n) is 31.3. The summed E-state index contributed by atoms with van der Waals surface area (Å²) >= 11 is 0. The highest BCUT2D eigenvalue weighted by atomic mass is 16.5. The summed E-state index contributed by atoms with van der Waals surface area (Å²) in [5, 5.41) is 9.33. The summed E-state index contributed by atoms with van der Waals surface area (Å²) in [5.41, 5.74) is -2.01. The highest BCUT2D eigenvalue weighted by Gasteiger charge is 2.80. The van der Waals surface area contributed by atoms with Gasteiger partial charge in [-0.3, -0.25) is 14.4 Å². The molecule has 3 aliphatic rings. The Hall–Kier alpha value is -3.17. The van der Waals surface area contributed by atoms with Crippen molar-refractivity contribution in [1.29, 1.82) is 0 Å². The van der Waals surface area contributed by atoms with Crippen LogP contribution in [0.15, 0.2) is 49.6 Å². The number of rotatable bonds is 17. The molecule has 3 amide bonds. The summed E-state index contributed by atoms with van der Waals surface area (Å²) in [5.74, 6) is -1.51. The second kappa shape index (κ2) is 15.0. The number of fused-ring (bicyclic) bond motifs is 1. The first-order valence-electron chi connectivity index (χ1n) is 18.2. The maximum absolute atomic E-state index is 15.2. The minimum Gasteiger partial charge on any atom is -0.494 e. The van der Waals surface area contributed by atoms with E-state index in [1.165, 1.54) is 0 Å². The van der Waals surface area contributed by atoms with Crippen LogP contribution in [0.25, 0.3) is 0 Å². The van der Waals surface area contributed by atoms with Gasteiger partial charge in [-0.15, -0.1) is 13.2 Å². The molecule has 3 saturated heterocycles. The number of unbranched alkanes of at least 4 members (excludes halogenated alkanes) is 3. The lowest BCUT2D eigenvalue weighted by Gasteiger charge is -2.45. The molecule has 0 saturated carbocycles. The third-order valence-electron chi connectivity index (χ3n) is 10.9. The van der Waals surface area contributed by atoms with Gasteiger partial charge in [0.25, 0.3) is 0 Å². The van der Waals surface area contributed by atoms with Crippen LogP contribution < -0.4 is 9.64 Å². The number of carbonyl (C=O) groups is 3. The normalized spacial score (nSPS) is 27.6. The second-order valence-corrected chi connectivity index (χ2v) is 16.3. The van der Waals surface area contributed by atoms with Crippen molar-refractivity contribution in [2.75, 3.05) is 37.7 Å². The molecule has 9 nitrogen and oxygen atoms in total. The number of aliphatic hydroxyl groups is 1. The number of aliphatic hydroxyl groups excluding tert-OH is 1. The Kier molecular flexibility index (Phi) is 11.8. The first-order chi connectivity index (χ1) is 23.0. The van der Waals surface area contributed by atoms with Crippen LogP contribution in [0.1, 0.15) is 93.9 Å². The first-order valence-corrected chi connectivity index (χ1v) is 18.2. The number of amides is 3. The van der Waals surface area contributed by atoms with Crippen LogP contribution in [0, 0.1) is 23.2 Å². The van der Waals surface area contributed by atoms with E-state index < -0.39 is 34.6 Å². The number of benzene rings is 1. The number of likely N-dealkylation sites (tertiary alicyclic amines) is 1. The molecule has 0 aromatic heterocycles. The molecule has 4 rings (SSSR count). The SMILES string of the molecule is C=CCN(C(=O)[C@@H]1[C@H]2C(=O)N(CCCCCCO)C(C(=O)N(CC=C)C(C)(C)CC(C)(C)C)C23CC(C)[C@@]1(C)O3)c1ccc(OCC)cc1. The lowest BCUT2D eigenvalue weighted by molar-refractivity contribution is -0.156. The van der Waals surface area contributed by atoms with E-state index in [4.69, 9.17) is 9.47 Å². The van der Waals surface area contributed by atoms with E-state index in [1.807, 2.05) is 43.0 Å². The van der Waals surface area contributed by atoms with Crippen molar-refractivity contribution >= 4 is 23.4 Å². The molecule has 3 fully saturated rings. The van der Waals surface area contributed by atoms with E-state index in [1.54, 1.807) is 22.0 Å². The van der Waals surface area contributed by atoms with E-state index >= 15 is 4.79 Å². The number of nitrogens with zero attached hydrogens (tertiary/aromatic N) is 3. The Morgan fingerprint density at radius 2 is 1.67 bits per heavy atom. The highest BCUT2D eigenvalue weighted by molar-refractivity contribution is 6.03. The van der Waals surface area contributed by atoms with Crippen molar-refractivity contribution < 1.29 is 29.0 Å². The molecular formula is C40H61N3O6. The number of hydrogen-bond donors (Lipinski definition) is 1. The second-order valence-electron chi connectivity index (χ2n) is 16.3. The molecule has 3 unspecified atom stereocenters. The summed E-state index contributed by atoms with van der Waals surface area (Å²) in [6.45, 7) is 26.2. The van der Waals surface area contributed by atoms with E-state index in [-0.39, 0.29) is 42.2 Å². The lowest BCUT2D eigenvalue weighted by atomic mass is 9.62. The van der Waals surface area contributed by atoms with Gasteiger partial charge in [0.15, 0.2) is 0 Å². The molecule has 3 aliphatic heterocycles. The molecule has 0 aliphatic carbocycles. The van der Waals surface area contributed by atoms with Gasteiger partial charge in [-0.25, -0.2) is 0 Å². The first kappa shape index (κ1) is 38.6. The van der Waals surface area contributed by atoms with Gasteiger partial charge in [-0.05, 0) is 89.0 Å². The van der Waals surface area contributed by atoms with Crippen molar-refractivity contribution in [2.45, 2.75) is 117 Å². The van der Waals surface area contributed by atoms with Crippen LogP contribution in [0.3, 0.4) is 0 Å². The average Bonchev–Trinajstić information content (AvgIpc) is 3.53. The molecule has 1 aromatic rings. The van der Waals surface area contributed by atoms with Crippen LogP contribution in [0.5, 0.6) is 5.75 Å². The quantitative estimate of drug-likeness (QED) is 0.151. The van der Waals surface area contributed by atoms with Gasteiger partial charge in [0.2, 0.25) is 17.7 Å². The van der Waals surface area contributed by atoms with E-state index in [0.717, 1.165) is 19.3 Å². The topological polar surface area (TPSA) is 99.6 Å². The van der Waals surface area contributed by atoms with Gasteiger partial charge < -0.3 is 29.3 Å². The summed E-state index contributed by atoms with van der Waals surface area (Å²) in [6, 6.07) is 6.52. The van der Waals surface area contributed by atoms with Gasteiger partial charge in [-0.2, -0.15) is 0 Å². The number of anilines is 1. The fourth-order valence-corrected chi connectivity index (χ4v) is 9.20. The minimum atomic E-state index is -1.15. The van der Waals surface area contributed by atoms with Crippen LogP contribution in [0.2, 0.25) is 0 Å². The Bertz CT molecular complexity index is 1370. The Labute approximate surface area is 294 Å². The number of ether oxygens (including phenoxy) is 2. The molecule has 272 valence electrons. The standard InChI is InChI=1S/C40H61N3O6/c1-11-22-41(29-18-20-30(21-19-29)48-13-3)34(45)31-32-35(46)42(24-16-14-15-17-25-44)33(40(32)26-28(4)39(31,10)49-40)36(47)43(23-12-2)38(8,9)27-37(5,6)7/h11-12,18-21,28,31-33,44H,1-2,13-17,22-27H2,3-10H3/t28?,31-,32-,33?,39+,40?/m0/s1. The molecule has 1 aromatic carbocycles. The van der Waals surface area contributed by atoms with Crippen LogP contribution in [-0.2, 0) is 19.1 Å². The predicted octanol–water partition coefficient (Wildman–Crippen LogP) is 6.40. The number of hydrogen-bond acceptors (Lipinski definition) is 6. The summed E-state index contributed by atoms with van der Waals surface area (Å²) < 4.78 is 12.7. The molecule has 3 heterocycles. The monoisotopic (exact) mass is 679 g/mol. The predicted molar refractivity (Wildman–Crippen MR) is 194 cm³/mol. The fraction of sp³-hybridized carbons (Fsp3) is 0.675. The molecule has 1 spiro atoms. The maximum Gasteiger partial charge on any atom is 0.249 e. The largest absolute Gasteiger partial charge is 0.494 e. The van der Waals surface area contributed by atoms with Crippen molar-refractivity contribution in [1.82, 2.24) is 9.80 Å². The molecule has 0 radical (unpaired) electrons. The van der Waals surface area contributed by atoms with Gasteiger partial charge in [0, 0.05) is 37.5 Å². The van der Waals surface area contributed by atoms with Gasteiger partial charge in [0.1, 0.15) is 17.4 Å². The Morgan fingerprint density at radius 3 is 2.24 bits per heavy atom. The molecule has 2 bridgehead atoms. The highest BCUT2D eigenvalue weighted by Crippen LogP contribution is 2.65. The number of carbonyl (C=O) groups excluding carboxylic acids is 3. The van der Waals surface area contributed by atoms with Crippen molar-refractivity contribution in [3.8, 4) is 5.75 Å². The van der Waals surface area contributed by atoms with Crippen molar-refractivity contribution in [2.24, 2.45) is 23.2 Å². The van der Waals surface area contributed by atoms with Gasteiger partial charge in [-0.1, -0.05) is 52.7 Å². The molecule has 9 heteroatoms. The van der Waals surface area contributed by atoms with Gasteiger partial charge >= 0.3 is 0 Å². The zero-order chi connectivity index (χ0) is 36.4. The Morgan fingerprint density at radius 1 is 1.04 bits per heavy atom. The lowest BCUT2D eigenvalue weighted by Crippen LogP contribution is -2.61. The summed E-state index contributed by atoms with van der Waals surface area (Å²) in [6.07, 6.45) is 7.72. The average molecular weight is 680 g/mol. The molecule has 49 heavy (non-hydrogen) atoms. The molecular weight excluding hydrogens is 618 g/mol. The zero-order valence-corrected chi connectivity index (χ0v) is 31.3. The van der Waals surface area contributed by atoms with Crippen LogP contribution in [-0.4, -0.2) is 88.3 Å². The third-order valence-corrected chi connectivity index (χ3v) is 10.9. The maximum atomic E-state index is 15.2. The van der Waals surface area contributed by atoms with E-state index in [2.05, 4.69) is 54.7 Å². The third kappa shape index (κ3) is 7.34. The molecule has 1 N–H and O–H groups in total. The van der Waals surface area contributed by atoms with Crippen LogP contribution >= 0.6 is 0 Å². The Balaban J connectivity index is 1.81. The van der Waals surface area contributed by atoms with Crippen molar-refractivity contribution in [3.63, 3.8) is 0 Å². The van der Waals surface area contributed by atoms with Gasteiger partial charge in [0.05, 0.1) is 24.0 Å².